The fourth-order valence-corrected chi connectivity index (χ4v) is 5.28. The average Bonchev–Trinajstić information content (AvgIpc) is 2.94. The molecule has 1 N–H and O–H groups in total. The van der Waals surface area contributed by atoms with Gasteiger partial charge < -0.3 is 5.32 Å². The van der Waals surface area contributed by atoms with Crippen molar-refractivity contribution in [1.82, 2.24) is 4.31 Å². The Labute approximate surface area is 175 Å². The highest BCUT2D eigenvalue weighted by Crippen LogP contribution is 2.30. The number of nitrogens with one attached hydrogen (secondary N) is 1. The highest BCUT2D eigenvalue weighted by Gasteiger charge is 2.34. The molecule has 0 fully saturated rings. The van der Waals surface area contributed by atoms with Crippen LogP contribution in [0.2, 0.25) is 0 Å². The molecule has 30 heavy (non-hydrogen) atoms. The van der Waals surface area contributed by atoms with Crippen molar-refractivity contribution in [3.05, 3.63) is 95.3 Å². The second-order valence-corrected chi connectivity index (χ2v) is 9.10. The molecule has 0 spiro atoms. The molecule has 0 radical (unpaired) electrons. The zero-order chi connectivity index (χ0) is 21.1. The van der Waals surface area contributed by atoms with Crippen LogP contribution in [0.3, 0.4) is 0 Å². The highest BCUT2D eigenvalue weighted by molar-refractivity contribution is 7.89. The highest BCUT2D eigenvalue weighted by atomic mass is 32.2. The first kappa shape index (κ1) is 20.1. The van der Waals surface area contributed by atoms with Gasteiger partial charge in [0.05, 0.1) is 16.5 Å². The van der Waals surface area contributed by atoms with Crippen LogP contribution in [0, 0.1) is 17.1 Å². The lowest BCUT2D eigenvalue weighted by Crippen LogP contribution is -2.43. The van der Waals surface area contributed by atoms with Crippen molar-refractivity contribution in [3.63, 3.8) is 0 Å². The van der Waals surface area contributed by atoms with E-state index in [9.17, 15) is 18.1 Å². The van der Waals surface area contributed by atoms with E-state index in [0.29, 0.717) is 18.5 Å². The van der Waals surface area contributed by atoms with Gasteiger partial charge in [-0.25, -0.2) is 12.8 Å². The van der Waals surface area contributed by atoms with Gasteiger partial charge >= 0.3 is 0 Å². The maximum atomic E-state index is 13.5. The Hall–Kier alpha value is -3.21. The molecule has 1 atom stereocenters. The minimum absolute atomic E-state index is 0.0434. The molecule has 0 amide bonds. The molecule has 0 aromatic heterocycles. The summed E-state index contributed by atoms with van der Waals surface area (Å²) >= 11 is 0. The number of nitriles is 1. The molecule has 0 unspecified atom stereocenters. The summed E-state index contributed by atoms with van der Waals surface area (Å²) in [6.45, 7) is 0.531. The number of anilines is 1. The van der Waals surface area contributed by atoms with E-state index < -0.39 is 15.8 Å². The Morgan fingerprint density at radius 3 is 2.50 bits per heavy atom. The van der Waals surface area contributed by atoms with Crippen LogP contribution in [0.15, 0.2) is 77.7 Å². The number of hydrogen-bond acceptors (Lipinski definition) is 4. The number of benzene rings is 3. The van der Waals surface area contributed by atoms with Gasteiger partial charge in [0.1, 0.15) is 5.82 Å². The van der Waals surface area contributed by atoms with E-state index >= 15 is 0 Å². The van der Waals surface area contributed by atoms with Crippen LogP contribution in [-0.4, -0.2) is 25.3 Å². The van der Waals surface area contributed by atoms with Crippen molar-refractivity contribution in [2.45, 2.75) is 23.9 Å². The van der Waals surface area contributed by atoms with Gasteiger partial charge in [-0.15, -0.1) is 0 Å². The predicted molar refractivity (Wildman–Crippen MR) is 113 cm³/mol. The standard InChI is InChI=1S/C23H20FN3O2S/c24-20-7-9-22(10-8-20)30(28,29)27-16-19-12-18(14-25)6-11-23(19)26-15-21(27)13-17-4-2-1-3-5-17/h1-12,21,26H,13,15-16H2/t21-/m1/s1. The summed E-state index contributed by atoms with van der Waals surface area (Å²) in [5.41, 5.74) is 3.03. The van der Waals surface area contributed by atoms with E-state index in [0.717, 1.165) is 28.9 Å². The van der Waals surface area contributed by atoms with E-state index in [1.807, 2.05) is 36.4 Å². The van der Waals surface area contributed by atoms with Crippen LogP contribution in [0.25, 0.3) is 0 Å². The molecule has 1 heterocycles. The van der Waals surface area contributed by atoms with Crippen molar-refractivity contribution in [3.8, 4) is 6.07 Å². The van der Waals surface area contributed by atoms with Gasteiger partial charge in [0, 0.05) is 24.8 Å². The van der Waals surface area contributed by atoms with E-state index in [4.69, 9.17) is 0 Å². The average molecular weight is 421 g/mol. The second-order valence-electron chi connectivity index (χ2n) is 7.21. The molecule has 0 bridgehead atoms. The molecule has 4 rings (SSSR count). The predicted octanol–water partition coefficient (Wildman–Crippen LogP) is 3.93. The lowest BCUT2D eigenvalue weighted by molar-refractivity contribution is 0.326. The normalized spacial score (nSPS) is 16.7. The molecular weight excluding hydrogens is 401 g/mol. The molecule has 0 saturated carbocycles. The Morgan fingerprint density at radius 2 is 1.80 bits per heavy atom. The summed E-state index contributed by atoms with van der Waals surface area (Å²) in [4.78, 5) is 0.0434. The monoisotopic (exact) mass is 421 g/mol. The summed E-state index contributed by atoms with van der Waals surface area (Å²) in [7, 11) is -3.89. The quantitative estimate of drug-likeness (QED) is 0.693. The van der Waals surface area contributed by atoms with Gasteiger partial charge in [0.2, 0.25) is 10.0 Å². The number of sulfonamides is 1. The summed E-state index contributed by atoms with van der Waals surface area (Å²) in [5, 5.41) is 12.6. The number of fused-ring (bicyclic) bond motifs is 1. The largest absolute Gasteiger partial charge is 0.383 e. The van der Waals surface area contributed by atoms with E-state index in [2.05, 4.69) is 11.4 Å². The zero-order valence-corrected chi connectivity index (χ0v) is 16.9. The van der Waals surface area contributed by atoms with Crippen LogP contribution < -0.4 is 5.32 Å². The molecule has 1 aliphatic rings. The Kier molecular flexibility index (Phi) is 5.53. The third kappa shape index (κ3) is 4.06. The number of nitrogens with zero attached hydrogens (tertiary/aromatic N) is 2. The maximum absolute atomic E-state index is 13.5. The lowest BCUT2D eigenvalue weighted by Gasteiger charge is -2.29. The van der Waals surface area contributed by atoms with E-state index in [1.54, 1.807) is 12.1 Å². The van der Waals surface area contributed by atoms with Gasteiger partial charge in [-0.2, -0.15) is 9.57 Å². The topological polar surface area (TPSA) is 73.2 Å². The van der Waals surface area contributed by atoms with E-state index in [-0.39, 0.29) is 17.5 Å². The molecule has 0 aliphatic carbocycles. The van der Waals surface area contributed by atoms with Crippen molar-refractivity contribution in [1.29, 1.82) is 5.26 Å². The molecule has 5 nitrogen and oxygen atoms in total. The third-order valence-corrected chi connectivity index (χ3v) is 7.14. The van der Waals surface area contributed by atoms with E-state index in [1.165, 1.54) is 16.4 Å². The molecule has 1 aliphatic heterocycles. The SMILES string of the molecule is N#Cc1ccc2c(c1)CN(S(=O)(=O)c1ccc(F)cc1)[C@H](Cc1ccccc1)CN2. The Morgan fingerprint density at radius 1 is 1.07 bits per heavy atom. The maximum Gasteiger partial charge on any atom is 0.243 e. The first-order valence-corrected chi connectivity index (χ1v) is 11.0. The fraction of sp³-hybridized carbons (Fsp3) is 0.174. The van der Waals surface area contributed by atoms with Gasteiger partial charge in [-0.1, -0.05) is 30.3 Å². The number of hydrogen-bond donors (Lipinski definition) is 1. The van der Waals surface area contributed by atoms with Crippen molar-refractivity contribution >= 4 is 15.7 Å². The molecular formula is C23H20FN3O2S. The lowest BCUT2D eigenvalue weighted by atomic mass is 10.1. The summed E-state index contributed by atoms with van der Waals surface area (Å²) in [6, 6.07) is 21.5. The second kappa shape index (κ2) is 8.27. The van der Waals surface area contributed by atoms with Gasteiger partial charge in [0.15, 0.2) is 0 Å². The van der Waals surface area contributed by atoms with Crippen molar-refractivity contribution in [2.75, 3.05) is 11.9 Å². The van der Waals surface area contributed by atoms with Gasteiger partial charge in [-0.3, -0.25) is 0 Å². The Balaban J connectivity index is 1.77. The van der Waals surface area contributed by atoms with Crippen LogP contribution in [0.4, 0.5) is 10.1 Å². The van der Waals surface area contributed by atoms with Gasteiger partial charge in [-0.05, 0) is 60.0 Å². The molecule has 7 heteroatoms. The first-order valence-electron chi connectivity index (χ1n) is 9.55. The number of rotatable bonds is 4. The Bertz CT molecular complexity index is 1190. The zero-order valence-electron chi connectivity index (χ0n) is 16.1. The van der Waals surface area contributed by atoms with Crippen LogP contribution in [0.1, 0.15) is 16.7 Å². The summed E-state index contributed by atoms with van der Waals surface area (Å²) in [5.74, 6) is -0.490. The third-order valence-electron chi connectivity index (χ3n) is 5.23. The smallest absolute Gasteiger partial charge is 0.243 e. The van der Waals surface area contributed by atoms with Crippen molar-refractivity contribution in [2.24, 2.45) is 0 Å². The number of halogens is 1. The van der Waals surface area contributed by atoms with Crippen LogP contribution in [0.5, 0.6) is 0 Å². The fourth-order valence-electron chi connectivity index (χ4n) is 3.68. The minimum Gasteiger partial charge on any atom is -0.383 e. The van der Waals surface area contributed by atoms with Crippen molar-refractivity contribution < 1.29 is 12.8 Å². The van der Waals surface area contributed by atoms with Crippen LogP contribution in [-0.2, 0) is 23.0 Å². The van der Waals surface area contributed by atoms with Gasteiger partial charge in [0.25, 0.3) is 0 Å². The summed E-state index contributed by atoms with van der Waals surface area (Å²) < 4.78 is 41.9. The minimum atomic E-state index is -3.89. The summed E-state index contributed by atoms with van der Waals surface area (Å²) in [6.07, 6.45) is 0.521. The first-order chi connectivity index (χ1) is 14.5. The molecule has 3 aromatic carbocycles. The molecule has 0 saturated heterocycles. The van der Waals surface area contributed by atoms with Crippen LogP contribution >= 0.6 is 0 Å². The molecule has 152 valence electrons. The molecule has 3 aromatic rings.